The predicted molar refractivity (Wildman–Crippen MR) is 115 cm³/mol. The molecule has 1 amide bonds. The van der Waals surface area contributed by atoms with Crippen molar-refractivity contribution < 1.29 is 13.2 Å². The van der Waals surface area contributed by atoms with Crippen LogP contribution in [0.15, 0.2) is 64.0 Å². The number of pyridine rings is 1. The van der Waals surface area contributed by atoms with Gasteiger partial charge in [0.25, 0.3) is 5.91 Å². The number of hydrogen-bond acceptors (Lipinski definition) is 4. The lowest BCUT2D eigenvalue weighted by Gasteiger charge is -2.34. The van der Waals surface area contributed by atoms with Crippen molar-refractivity contribution in [3.05, 3.63) is 70.3 Å². The van der Waals surface area contributed by atoms with Gasteiger partial charge in [-0.3, -0.25) is 9.78 Å². The molecule has 0 unspecified atom stereocenters. The zero-order chi connectivity index (χ0) is 20.6. The number of rotatable bonds is 3. The Morgan fingerprint density at radius 1 is 1.00 bits per heavy atom. The highest BCUT2D eigenvalue weighted by Gasteiger charge is 2.31. The van der Waals surface area contributed by atoms with Crippen LogP contribution in [-0.2, 0) is 10.0 Å². The number of halogens is 1. The molecule has 8 heteroatoms. The number of carbonyl (C=O) groups is 1. The Morgan fingerprint density at radius 3 is 2.34 bits per heavy atom. The Bertz CT molecular complexity index is 1170. The Balaban J connectivity index is 1.53. The summed E-state index contributed by atoms with van der Waals surface area (Å²) in [4.78, 5) is 19.6. The second-order valence-electron chi connectivity index (χ2n) is 6.98. The van der Waals surface area contributed by atoms with E-state index in [9.17, 15) is 13.2 Å². The van der Waals surface area contributed by atoms with Crippen LogP contribution in [0, 0.1) is 6.92 Å². The van der Waals surface area contributed by atoms with Crippen molar-refractivity contribution in [2.24, 2.45) is 0 Å². The van der Waals surface area contributed by atoms with Crippen molar-refractivity contribution in [2.75, 3.05) is 26.2 Å². The molecule has 3 aromatic rings. The van der Waals surface area contributed by atoms with Crippen molar-refractivity contribution >= 4 is 42.8 Å². The quantitative estimate of drug-likeness (QED) is 0.583. The molecule has 1 aliphatic rings. The second kappa shape index (κ2) is 7.85. The maximum Gasteiger partial charge on any atom is 0.254 e. The number of hydrogen-bond donors (Lipinski definition) is 0. The van der Waals surface area contributed by atoms with Crippen LogP contribution in [0.4, 0.5) is 0 Å². The van der Waals surface area contributed by atoms with Gasteiger partial charge in [-0.25, -0.2) is 8.42 Å². The van der Waals surface area contributed by atoms with E-state index >= 15 is 0 Å². The number of piperazine rings is 1. The first-order chi connectivity index (χ1) is 13.9. The van der Waals surface area contributed by atoms with Crippen LogP contribution in [0.3, 0.4) is 0 Å². The van der Waals surface area contributed by atoms with Crippen molar-refractivity contribution in [1.82, 2.24) is 14.2 Å². The summed E-state index contributed by atoms with van der Waals surface area (Å²) in [6.45, 7) is 3.11. The number of fused-ring (bicyclic) bond motifs is 1. The lowest BCUT2D eigenvalue weighted by molar-refractivity contribution is 0.0699. The minimum Gasteiger partial charge on any atom is -0.336 e. The van der Waals surface area contributed by atoms with Crippen LogP contribution < -0.4 is 0 Å². The molecule has 29 heavy (non-hydrogen) atoms. The van der Waals surface area contributed by atoms with Gasteiger partial charge in [0.2, 0.25) is 10.0 Å². The highest BCUT2D eigenvalue weighted by Crippen LogP contribution is 2.23. The summed E-state index contributed by atoms with van der Waals surface area (Å²) in [6, 6.07) is 16.0. The molecular formula is C21H20BrN3O3S. The highest BCUT2D eigenvalue weighted by molar-refractivity contribution is 9.10. The van der Waals surface area contributed by atoms with E-state index in [4.69, 9.17) is 0 Å². The Morgan fingerprint density at radius 2 is 1.66 bits per heavy atom. The van der Waals surface area contributed by atoms with Gasteiger partial charge in [0.1, 0.15) is 0 Å². The Kier molecular flexibility index (Phi) is 5.42. The molecule has 0 saturated carbocycles. The normalized spacial score (nSPS) is 15.6. The number of aryl methyl sites for hydroxylation is 1. The minimum atomic E-state index is -3.57. The molecule has 0 spiro atoms. The minimum absolute atomic E-state index is 0.0904. The largest absolute Gasteiger partial charge is 0.336 e. The van der Waals surface area contributed by atoms with Gasteiger partial charge in [0.05, 0.1) is 16.0 Å². The number of benzene rings is 2. The number of aromatic nitrogens is 1. The Labute approximate surface area is 178 Å². The van der Waals surface area contributed by atoms with E-state index in [1.807, 2.05) is 31.2 Å². The van der Waals surface area contributed by atoms with Crippen molar-refractivity contribution in [2.45, 2.75) is 11.8 Å². The molecule has 0 atom stereocenters. The van der Waals surface area contributed by atoms with Crippen LogP contribution in [-0.4, -0.2) is 54.7 Å². The van der Waals surface area contributed by atoms with E-state index in [-0.39, 0.29) is 23.9 Å². The molecule has 0 N–H and O–H groups in total. The first-order valence-corrected chi connectivity index (χ1v) is 11.5. The molecular weight excluding hydrogens is 454 g/mol. The SMILES string of the molecule is Cc1cc(C(=O)N2CCN(S(=O)(=O)c3ccc(Br)cc3)CC2)c2ccccc2n1. The van der Waals surface area contributed by atoms with E-state index in [2.05, 4.69) is 20.9 Å². The van der Waals surface area contributed by atoms with Gasteiger partial charge in [0.15, 0.2) is 0 Å². The van der Waals surface area contributed by atoms with Gasteiger partial charge < -0.3 is 4.90 Å². The van der Waals surface area contributed by atoms with Crippen molar-refractivity contribution in [1.29, 1.82) is 0 Å². The van der Waals surface area contributed by atoms with Crippen LogP contribution in [0.5, 0.6) is 0 Å². The molecule has 150 valence electrons. The fourth-order valence-corrected chi connectivity index (χ4v) is 5.23. The molecule has 1 fully saturated rings. The molecule has 2 heterocycles. The lowest BCUT2D eigenvalue weighted by atomic mass is 10.1. The van der Waals surface area contributed by atoms with Gasteiger partial charge in [-0.1, -0.05) is 34.1 Å². The summed E-state index contributed by atoms with van der Waals surface area (Å²) >= 11 is 3.32. The maximum absolute atomic E-state index is 13.2. The smallest absolute Gasteiger partial charge is 0.254 e. The number of amides is 1. The van der Waals surface area contributed by atoms with Gasteiger partial charge in [-0.05, 0) is 43.3 Å². The van der Waals surface area contributed by atoms with Crippen LogP contribution >= 0.6 is 15.9 Å². The van der Waals surface area contributed by atoms with Crippen molar-refractivity contribution in [3.63, 3.8) is 0 Å². The molecule has 1 saturated heterocycles. The molecule has 0 radical (unpaired) electrons. The number of nitrogens with zero attached hydrogens (tertiary/aromatic N) is 3. The summed E-state index contributed by atoms with van der Waals surface area (Å²) in [5, 5.41) is 0.813. The first kappa shape index (κ1) is 20.0. The third kappa shape index (κ3) is 3.92. The second-order valence-corrected chi connectivity index (χ2v) is 9.83. The summed E-state index contributed by atoms with van der Waals surface area (Å²) in [7, 11) is -3.57. The average molecular weight is 474 g/mol. The lowest BCUT2D eigenvalue weighted by Crippen LogP contribution is -2.50. The van der Waals surface area contributed by atoms with Gasteiger partial charge in [-0.15, -0.1) is 0 Å². The van der Waals surface area contributed by atoms with E-state index in [0.717, 1.165) is 21.1 Å². The van der Waals surface area contributed by atoms with Crippen molar-refractivity contribution in [3.8, 4) is 0 Å². The predicted octanol–water partition coefficient (Wildman–Crippen LogP) is 3.45. The maximum atomic E-state index is 13.2. The van der Waals surface area contributed by atoms with Crippen LogP contribution in [0.2, 0.25) is 0 Å². The van der Waals surface area contributed by atoms with E-state index in [1.165, 1.54) is 4.31 Å². The summed E-state index contributed by atoms with van der Waals surface area (Å²) < 4.78 is 28.0. The van der Waals surface area contributed by atoms with Crippen LogP contribution in [0.1, 0.15) is 16.1 Å². The van der Waals surface area contributed by atoms with Gasteiger partial charge in [-0.2, -0.15) is 4.31 Å². The molecule has 1 aromatic heterocycles. The monoisotopic (exact) mass is 473 g/mol. The average Bonchev–Trinajstić information content (AvgIpc) is 2.73. The molecule has 2 aromatic carbocycles. The molecule has 4 rings (SSSR count). The number of carbonyl (C=O) groups excluding carboxylic acids is 1. The third-order valence-electron chi connectivity index (χ3n) is 5.05. The standard InChI is InChI=1S/C21H20BrN3O3S/c1-15-14-19(18-4-2-3-5-20(18)23-15)21(26)24-10-12-25(13-11-24)29(27,28)17-8-6-16(22)7-9-17/h2-9,14H,10-13H2,1H3. The fourth-order valence-electron chi connectivity index (χ4n) is 3.54. The molecule has 0 aliphatic carbocycles. The number of para-hydroxylation sites is 1. The molecule has 6 nitrogen and oxygen atoms in total. The zero-order valence-corrected chi connectivity index (χ0v) is 18.3. The number of sulfonamides is 1. The van der Waals surface area contributed by atoms with Gasteiger partial charge >= 0.3 is 0 Å². The fraction of sp³-hybridized carbons (Fsp3) is 0.238. The third-order valence-corrected chi connectivity index (χ3v) is 7.49. The summed E-state index contributed by atoms with van der Waals surface area (Å²) in [6.07, 6.45) is 0. The topological polar surface area (TPSA) is 70.6 Å². The molecule has 0 bridgehead atoms. The van der Waals surface area contributed by atoms with Crippen LogP contribution in [0.25, 0.3) is 10.9 Å². The highest BCUT2D eigenvalue weighted by atomic mass is 79.9. The first-order valence-electron chi connectivity index (χ1n) is 9.27. The molecule has 1 aliphatic heterocycles. The summed E-state index contributed by atoms with van der Waals surface area (Å²) in [5.74, 6) is -0.0904. The zero-order valence-electron chi connectivity index (χ0n) is 15.9. The summed E-state index contributed by atoms with van der Waals surface area (Å²) in [5.41, 5.74) is 2.17. The van der Waals surface area contributed by atoms with E-state index < -0.39 is 10.0 Å². The Hall–Kier alpha value is -2.29. The van der Waals surface area contributed by atoms with Gasteiger partial charge in [0, 0.05) is 41.7 Å². The van der Waals surface area contributed by atoms with E-state index in [0.29, 0.717) is 18.7 Å². The van der Waals surface area contributed by atoms with E-state index in [1.54, 1.807) is 35.2 Å².